The van der Waals surface area contributed by atoms with Gasteiger partial charge in [0.2, 0.25) is 0 Å². The van der Waals surface area contributed by atoms with Crippen molar-refractivity contribution in [1.29, 1.82) is 0 Å². The van der Waals surface area contributed by atoms with Crippen molar-refractivity contribution in [2.45, 2.75) is 13.1 Å². The Morgan fingerprint density at radius 2 is 1.50 bits per heavy atom. The highest BCUT2D eigenvalue weighted by Gasteiger charge is 2.30. The smallest absolute Gasteiger partial charge is 0.416 e. The number of ether oxygens (including phenoxy) is 2. The Kier molecular flexibility index (Phi) is 3.88. The molecule has 2 rings (SSSR count). The highest BCUT2D eigenvalue weighted by atomic mass is 19.4. The molecule has 0 aliphatic carbocycles. The van der Waals surface area contributed by atoms with Gasteiger partial charge in [0.1, 0.15) is 17.2 Å². The minimum atomic E-state index is -4.34. The Hall–Kier alpha value is -2.17. The fourth-order valence-electron chi connectivity index (χ4n) is 1.71. The van der Waals surface area contributed by atoms with E-state index in [4.69, 9.17) is 9.47 Å². The van der Waals surface area contributed by atoms with Gasteiger partial charge in [-0.25, -0.2) is 0 Å². The van der Waals surface area contributed by atoms with Crippen LogP contribution in [0.1, 0.15) is 11.1 Å². The van der Waals surface area contributed by atoms with E-state index in [0.29, 0.717) is 22.8 Å². The summed E-state index contributed by atoms with van der Waals surface area (Å²) < 4.78 is 48.2. The molecule has 0 aliphatic heterocycles. The Labute approximate surface area is 114 Å². The molecule has 0 saturated carbocycles. The van der Waals surface area contributed by atoms with Crippen molar-refractivity contribution in [3.63, 3.8) is 0 Å². The number of alkyl halides is 3. The van der Waals surface area contributed by atoms with E-state index in [0.717, 1.165) is 12.1 Å². The molecule has 0 radical (unpaired) electrons. The second-order valence-corrected chi connectivity index (χ2v) is 4.26. The molecule has 0 N–H and O–H groups in total. The van der Waals surface area contributed by atoms with Gasteiger partial charge in [-0.2, -0.15) is 13.2 Å². The van der Waals surface area contributed by atoms with Gasteiger partial charge in [0.05, 0.1) is 12.7 Å². The van der Waals surface area contributed by atoms with Gasteiger partial charge in [-0.05, 0) is 55.0 Å². The number of aryl methyl sites for hydroxylation is 1. The number of rotatable bonds is 3. The molecule has 0 atom stereocenters. The molecule has 0 bridgehead atoms. The van der Waals surface area contributed by atoms with E-state index in [1.165, 1.54) is 6.07 Å². The third kappa shape index (κ3) is 3.23. The predicted molar refractivity (Wildman–Crippen MR) is 69.2 cm³/mol. The van der Waals surface area contributed by atoms with Crippen LogP contribution in [-0.2, 0) is 6.18 Å². The van der Waals surface area contributed by atoms with Crippen molar-refractivity contribution in [3.8, 4) is 17.2 Å². The first kappa shape index (κ1) is 14.2. The molecule has 0 saturated heterocycles. The first-order valence-electron chi connectivity index (χ1n) is 5.90. The largest absolute Gasteiger partial charge is 0.497 e. The molecule has 0 amide bonds. The molecule has 2 nitrogen and oxygen atoms in total. The maximum absolute atomic E-state index is 12.6. The number of benzene rings is 2. The quantitative estimate of drug-likeness (QED) is 0.804. The number of halogens is 3. The van der Waals surface area contributed by atoms with Crippen LogP contribution in [0.15, 0.2) is 42.5 Å². The highest BCUT2D eigenvalue weighted by molar-refractivity contribution is 5.41. The zero-order valence-electron chi connectivity index (χ0n) is 11.0. The van der Waals surface area contributed by atoms with Crippen LogP contribution < -0.4 is 9.47 Å². The standard InChI is InChI=1S/C15H13F3O2/c1-10-9-11(15(16,17)18)3-8-14(10)20-13-6-4-12(19-2)5-7-13/h3-9H,1-2H3. The lowest BCUT2D eigenvalue weighted by Gasteiger charge is -2.12. The molecule has 5 heteroatoms. The number of hydrogen-bond donors (Lipinski definition) is 0. The molecule has 0 unspecified atom stereocenters. The van der Waals surface area contributed by atoms with Gasteiger partial charge < -0.3 is 9.47 Å². The Bertz CT molecular complexity index is 589. The average Bonchev–Trinajstić information content (AvgIpc) is 2.41. The Balaban J connectivity index is 2.21. The maximum Gasteiger partial charge on any atom is 0.416 e. The lowest BCUT2D eigenvalue weighted by Crippen LogP contribution is -2.05. The Morgan fingerprint density at radius 1 is 0.900 bits per heavy atom. The lowest BCUT2D eigenvalue weighted by molar-refractivity contribution is -0.137. The normalized spacial score (nSPS) is 11.2. The molecule has 20 heavy (non-hydrogen) atoms. The molecular formula is C15H13F3O2. The van der Waals surface area contributed by atoms with Gasteiger partial charge in [-0.1, -0.05) is 0 Å². The fraction of sp³-hybridized carbons (Fsp3) is 0.200. The van der Waals surface area contributed by atoms with Gasteiger partial charge >= 0.3 is 6.18 Å². The van der Waals surface area contributed by atoms with E-state index < -0.39 is 11.7 Å². The SMILES string of the molecule is COc1ccc(Oc2ccc(C(F)(F)F)cc2C)cc1. The third-order valence-electron chi connectivity index (χ3n) is 2.79. The summed E-state index contributed by atoms with van der Waals surface area (Å²) in [7, 11) is 1.55. The molecule has 0 fully saturated rings. The summed E-state index contributed by atoms with van der Waals surface area (Å²) in [4.78, 5) is 0. The second-order valence-electron chi connectivity index (χ2n) is 4.26. The van der Waals surface area contributed by atoms with E-state index in [1.54, 1.807) is 38.3 Å². The summed E-state index contributed by atoms with van der Waals surface area (Å²) in [6.45, 7) is 1.58. The van der Waals surface area contributed by atoms with Crippen LogP contribution in [0.2, 0.25) is 0 Å². The second kappa shape index (κ2) is 5.45. The van der Waals surface area contributed by atoms with Crippen LogP contribution in [0.5, 0.6) is 17.2 Å². The molecular weight excluding hydrogens is 269 g/mol. The summed E-state index contributed by atoms with van der Waals surface area (Å²) in [6.07, 6.45) is -4.34. The van der Waals surface area contributed by atoms with E-state index in [9.17, 15) is 13.2 Å². The Morgan fingerprint density at radius 3 is 2.00 bits per heavy atom. The van der Waals surface area contributed by atoms with E-state index in [1.807, 2.05) is 0 Å². The summed E-state index contributed by atoms with van der Waals surface area (Å²) >= 11 is 0. The van der Waals surface area contributed by atoms with Gasteiger partial charge in [0, 0.05) is 0 Å². The predicted octanol–water partition coefficient (Wildman–Crippen LogP) is 4.81. The van der Waals surface area contributed by atoms with Crippen molar-refractivity contribution in [2.75, 3.05) is 7.11 Å². The minimum Gasteiger partial charge on any atom is -0.497 e. The van der Waals surface area contributed by atoms with Gasteiger partial charge in [-0.15, -0.1) is 0 Å². The van der Waals surface area contributed by atoms with Crippen molar-refractivity contribution in [2.24, 2.45) is 0 Å². The highest BCUT2D eigenvalue weighted by Crippen LogP contribution is 2.33. The first-order chi connectivity index (χ1) is 9.40. The fourth-order valence-corrected chi connectivity index (χ4v) is 1.71. The molecule has 0 spiro atoms. The maximum atomic E-state index is 12.6. The zero-order chi connectivity index (χ0) is 14.8. The topological polar surface area (TPSA) is 18.5 Å². The summed E-state index contributed by atoms with van der Waals surface area (Å²) in [5.41, 5.74) is -0.257. The van der Waals surface area contributed by atoms with E-state index >= 15 is 0 Å². The molecule has 0 heterocycles. The summed E-state index contributed by atoms with van der Waals surface area (Å²) in [5, 5.41) is 0. The third-order valence-corrected chi connectivity index (χ3v) is 2.79. The van der Waals surface area contributed by atoms with Crippen molar-refractivity contribution in [3.05, 3.63) is 53.6 Å². The van der Waals surface area contributed by atoms with Crippen LogP contribution in [0.4, 0.5) is 13.2 Å². The summed E-state index contributed by atoms with van der Waals surface area (Å²) in [5.74, 6) is 1.61. The monoisotopic (exact) mass is 282 g/mol. The van der Waals surface area contributed by atoms with Gasteiger partial charge in [-0.3, -0.25) is 0 Å². The van der Waals surface area contributed by atoms with E-state index in [-0.39, 0.29) is 0 Å². The molecule has 0 aromatic heterocycles. The number of hydrogen-bond acceptors (Lipinski definition) is 2. The minimum absolute atomic E-state index is 0.392. The molecule has 2 aromatic carbocycles. The molecule has 106 valence electrons. The van der Waals surface area contributed by atoms with E-state index in [2.05, 4.69) is 0 Å². The first-order valence-corrected chi connectivity index (χ1v) is 5.90. The van der Waals surface area contributed by atoms with Gasteiger partial charge in [0.15, 0.2) is 0 Å². The molecule has 0 aliphatic rings. The van der Waals surface area contributed by atoms with Crippen LogP contribution in [0.25, 0.3) is 0 Å². The lowest BCUT2D eigenvalue weighted by atomic mass is 10.1. The van der Waals surface area contributed by atoms with Gasteiger partial charge in [0.25, 0.3) is 0 Å². The zero-order valence-corrected chi connectivity index (χ0v) is 11.0. The van der Waals surface area contributed by atoms with Crippen molar-refractivity contribution < 1.29 is 22.6 Å². The van der Waals surface area contributed by atoms with Crippen LogP contribution >= 0.6 is 0 Å². The van der Waals surface area contributed by atoms with Crippen LogP contribution in [-0.4, -0.2) is 7.11 Å². The van der Waals surface area contributed by atoms with Crippen molar-refractivity contribution >= 4 is 0 Å². The number of methoxy groups -OCH3 is 1. The summed E-state index contributed by atoms with van der Waals surface area (Å²) in [6, 6.07) is 10.2. The van der Waals surface area contributed by atoms with Crippen molar-refractivity contribution in [1.82, 2.24) is 0 Å². The van der Waals surface area contributed by atoms with Crippen LogP contribution in [0.3, 0.4) is 0 Å². The van der Waals surface area contributed by atoms with Crippen LogP contribution in [0, 0.1) is 6.92 Å². The molecule has 2 aromatic rings. The average molecular weight is 282 g/mol.